The molecule has 1 aliphatic rings. The van der Waals surface area contributed by atoms with Gasteiger partial charge < -0.3 is 5.11 Å². The minimum absolute atomic E-state index is 0.293. The number of nitrogens with zero attached hydrogens (tertiary/aromatic N) is 2. The molecule has 7 heteroatoms. The molecule has 1 aromatic rings. The van der Waals surface area contributed by atoms with Crippen molar-refractivity contribution in [3.63, 3.8) is 0 Å². The number of amides is 2. The monoisotopic (exact) mass is 270 g/mol. The molecule has 1 N–H and O–H groups in total. The van der Waals surface area contributed by atoms with E-state index in [-0.39, 0.29) is 6.42 Å². The Labute approximate surface area is 108 Å². The summed E-state index contributed by atoms with van der Waals surface area (Å²) in [5.41, 5.74) is 0.542. The summed E-state index contributed by atoms with van der Waals surface area (Å²) in [6, 6.07) is 6.11. The first-order valence-corrected chi connectivity index (χ1v) is 5.58. The van der Waals surface area contributed by atoms with Gasteiger partial charge in [0.05, 0.1) is 6.42 Å². The molecule has 0 spiro atoms. The quantitative estimate of drug-likeness (QED) is 0.911. The van der Waals surface area contributed by atoms with Crippen LogP contribution in [-0.2, 0) is 9.63 Å². The van der Waals surface area contributed by atoms with Crippen molar-refractivity contribution in [3.8, 4) is 0 Å². The van der Waals surface area contributed by atoms with Crippen LogP contribution in [0, 0.1) is 0 Å². The van der Waals surface area contributed by atoms with Gasteiger partial charge in [0.2, 0.25) is 0 Å². The Morgan fingerprint density at radius 1 is 1.44 bits per heavy atom. The summed E-state index contributed by atoms with van der Waals surface area (Å²) in [6.45, 7) is 0. The van der Waals surface area contributed by atoms with E-state index in [9.17, 15) is 9.59 Å². The van der Waals surface area contributed by atoms with Crippen LogP contribution in [0.5, 0.6) is 0 Å². The summed E-state index contributed by atoms with van der Waals surface area (Å²) < 4.78 is 0. The highest BCUT2D eigenvalue weighted by Crippen LogP contribution is 2.27. The molecule has 0 aromatic heterocycles. The summed E-state index contributed by atoms with van der Waals surface area (Å²) in [4.78, 5) is 29.1. The number of urea groups is 1. The van der Waals surface area contributed by atoms with Crippen molar-refractivity contribution in [3.05, 3.63) is 29.3 Å². The first-order chi connectivity index (χ1) is 8.49. The zero-order valence-electron chi connectivity index (χ0n) is 9.54. The van der Waals surface area contributed by atoms with Gasteiger partial charge in [0.25, 0.3) is 0 Å². The molecule has 1 aliphatic heterocycles. The molecule has 0 aliphatic carbocycles. The van der Waals surface area contributed by atoms with Gasteiger partial charge in [0.1, 0.15) is 0 Å². The van der Waals surface area contributed by atoms with Crippen LogP contribution in [0.1, 0.15) is 6.42 Å². The van der Waals surface area contributed by atoms with Crippen LogP contribution in [0.3, 0.4) is 0 Å². The highest BCUT2D eigenvalue weighted by Gasteiger charge is 2.39. The molecule has 6 nitrogen and oxygen atoms in total. The van der Waals surface area contributed by atoms with E-state index >= 15 is 0 Å². The number of aliphatic carboxylic acids is 1. The Morgan fingerprint density at radius 3 is 2.61 bits per heavy atom. The van der Waals surface area contributed by atoms with Crippen molar-refractivity contribution in [2.24, 2.45) is 0 Å². The second kappa shape index (κ2) is 4.83. The summed E-state index contributed by atoms with van der Waals surface area (Å²) in [5, 5.41) is 10.4. The van der Waals surface area contributed by atoms with Gasteiger partial charge in [0, 0.05) is 17.8 Å². The zero-order valence-corrected chi connectivity index (χ0v) is 10.3. The number of hydrogen-bond acceptors (Lipinski definition) is 3. The highest BCUT2D eigenvalue weighted by molar-refractivity contribution is 6.30. The average molecular weight is 271 g/mol. The lowest BCUT2D eigenvalue weighted by Gasteiger charge is -2.19. The Balaban J connectivity index is 2.29. The van der Waals surface area contributed by atoms with Crippen LogP contribution in [0.4, 0.5) is 10.5 Å². The van der Waals surface area contributed by atoms with Gasteiger partial charge in [-0.15, -0.1) is 0 Å². The van der Waals surface area contributed by atoms with Gasteiger partial charge in [-0.25, -0.2) is 14.7 Å². The van der Waals surface area contributed by atoms with Crippen LogP contribution in [0.2, 0.25) is 5.02 Å². The number of hydrogen-bond donors (Lipinski definition) is 1. The zero-order chi connectivity index (χ0) is 13.3. The number of hydroxylamine groups is 2. The lowest BCUT2D eigenvalue weighted by molar-refractivity contribution is -0.147. The van der Waals surface area contributed by atoms with Crippen molar-refractivity contribution >= 4 is 29.3 Å². The Hall–Kier alpha value is -1.79. The molecule has 2 amide bonds. The van der Waals surface area contributed by atoms with Gasteiger partial charge in [-0.3, -0.25) is 9.69 Å². The van der Waals surface area contributed by atoms with E-state index in [1.807, 2.05) is 0 Å². The Bertz CT molecular complexity index is 476. The van der Waals surface area contributed by atoms with Gasteiger partial charge >= 0.3 is 12.0 Å². The van der Waals surface area contributed by atoms with Crippen molar-refractivity contribution in [1.82, 2.24) is 5.06 Å². The lowest BCUT2D eigenvalue weighted by atomic mass is 10.2. The van der Waals surface area contributed by atoms with E-state index in [1.165, 1.54) is 11.9 Å². The molecular weight excluding hydrogens is 260 g/mol. The largest absolute Gasteiger partial charge is 0.481 e. The number of rotatable bonds is 3. The number of carboxylic acids is 1. The minimum Gasteiger partial charge on any atom is -0.481 e. The van der Waals surface area contributed by atoms with E-state index in [0.717, 1.165) is 5.06 Å². The second-order valence-corrected chi connectivity index (χ2v) is 4.22. The third kappa shape index (κ3) is 2.39. The van der Waals surface area contributed by atoms with Gasteiger partial charge in [-0.1, -0.05) is 11.6 Å². The minimum atomic E-state index is -1.04. The van der Waals surface area contributed by atoms with Crippen LogP contribution in [0.15, 0.2) is 24.3 Å². The van der Waals surface area contributed by atoms with Crippen LogP contribution in [-0.4, -0.2) is 35.4 Å². The Morgan fingerprint density at radius 2 is 2.06 bits per heavy atom. The molecule has 0 unspecified atom stereocenters. The van der Waals surface area contributed by atoms with E-state index in [4.69, 9.17) is 21.5 Å². The van der Waals surface area contributed by atoms with E-state index in [2.05, 4.69) is 0 Å². The summed E-state index contributed by atoms with van der Waals surface area (Å²) >= 11 is 5.76. The molecule has 1 fully saturated rings. The van der Waals surface area contributed by atoms with E-state index in [0.29, 0.717) is 10.7 Å². The maximum Gasteiger partial charge on any atom is 0.350 e. The number of benzene rings is 1. The predicted octanol–water partition coefficient (Wildman–Crippen LogP) is 1.94. The lowest BCUT2D eigenvalue weighted by Crippen LogP contribution is -2.35. The first kappa shape index (κ1) is 12.7. The predicted molar refractivity (Wildman–Crippen MR) is 64.2 cm³/mol. The fourth-order valence-corrected chi connectivity index (χ4v) is 1.83. The molecular formula is C11H11ClN2O4. The van der Waals surface area contributed by atoms with E-state index < -0.39 is 18.2 Å². The number of carbonyl (C=O) groups is 2. The third-order valence-electron chi connectivity index (χ3n) is 2.50. The number of carboxylic acid groups (broad SMARTS) is 1. The molecule has 2 rings (SSSR count). The molecule has 96 valence electrons. The Kier molecular flexibility index (Phi) is 3.40. The number of carbonyl (C=O) groups excluding carboxylic acids is 1. The summed E-state index contributed by atoms with van der Waals surface area (Å²) in [7, 11) is 1.44. The fourth-order valence-electron chi connectivity index (χ4n) is 1.71. The molecule has 0 saturated carbocycles. The standard InChI is InChI=1S/C11H11ClN2O4/c1-13-11(17)14(9(18-13)6-10(15)16)8-4-2-7(12)3-5-8/h2-5,9H,6H2,1H3,(H,15,16)/t9-/m0/s1. The third-order valence-corrected chi connectivity index (χ3v) is 2.75. The molecule has 1 atom stereocenters. The van der Waals surface area contributed by atoms with Crippen LogP contribution in [0.25, 0.3) is 0 Å². The van der Waals surface area contributed by atoms with Gasteiger partial charge in [-0.2, -0.15) is 0 Å². The van der Waals surface area contributed by atoms with Gasteiger partial charge in [-0.05, 0) is 24.3 Å². The van der Waals surface area contributed by atoms with Crippen molar-refractivity contribution in [1.29, 1.82) is 0 Å². The molecule has 1 aromatic carbocycles. The van der Waals surface area contributed by atoms with Crippen LogP contribution >= 0.6 is 11.6 Å². The van der Waals surface area contributed by atoms with Crippen molar-refractivity contribution < 1.29 is 19.5 Å². The maximum absolute atomic E-state index is 11.9. The normalized spacial score (nSPS) is 19.4. The number of halogens is 1. The fraction of sp³-hybridized carbons (Fsp3) is 0.273. The first-order valence-electron chi connectivity index (χ1n) is 5.20. The van der Waals surface area contributed by atoms with E-state index in [1.54, 1.807) is 24.3 Å². The molecule has 0 radical (unpaired) electrons. The second-order valence-electron chi connectivity index (χ2n) is 3.78. The molecule has 1 saturated heterocycles. The maximum atomic E-state index is 11.9. The number of anilines is 1. The SMILES string of the molecule is CN1O[C@@H](CC(=O)O)N(c2ccc(Cl)cc2)C1=O. The van der Waals surface area contributed by atoms with Crippen LogP contribution < -0.4 is 4.90 Å². The van der Waals surface area contributed by atoms with Gasteiger partial charge in [0.15, 0.2) is 6.23 Å². The molecule has 1 heterocycles. The summed E-state index contributed by atoms with van der Waals surface area (Å²) in [5.74, 6) is -1.04. The molecule has 0 bridgehead atoms. The summed E-state index contributed by atoms with van der Waals surface area (Å²) in [6.07, 6.45) is -1.14. The average Bonchev–Trinajstić information content (AvgIpc) is 2.55. The highest BCUT2D eigenvalue weighted by atomic mass is 35.5. The topological polar surface area (TPSA) is 70.1 Å². The van der Waals surface area contributed by atoms with Crippen molar-refractivity contribution in [2.75, 3.05) is 11.9 Å². The smallest absolute Gasteiger partial charge is 0.350 e. The van der Waals surface area contributed by atoms with Crippen molar-refractivity contribution in [2.45, 2.75) is 12.6 Å². The molecule has 18 heavy (non-hydrogen) atoms.